The number of hydrogen-bond acceptors (Lipinski definition) is 5. The molecule has 0 unspecified atom stereocenters. The normalized spacial score (nSPS) is 18.7. The van der Waals surface area contributed by atoms with E-state index in [0.29, 0.717) is 6.54 Å². The molecular formula is C17H26N4O3. The Bertz CT molecular complexity index is 623. The lowest BCUT2D eigenvalue weighted by Gasteiger charge is -2.26. The highest BCUT2D eigenvalue weighted by molar-refractivity contribution is 5.75. The Labute approximate surface area is 142 Å². The van der Waals surface area contributed by atoms with E-state index in [1.807, 2.05) is 0 Å². The molecule has 2 aliphatic rings. The van der Waals surface area contributed by atoms with E-state index < -0.39 is 0 Å². The van der Waals surface area contributed by atoms with Crippen molar-refractivity contribution in [1.29, 1.82) is 0 Å². The van der Waals surface area contributed by atoms with Crippen LogP contribution in [0.4, 0.5) is 0 Å². The van der Waals surface area contributed by atoms with Gasteiger partial charge in [0.25, 0.3) is 5.56 Å². The van der Waals surface area contributed by atoms with Gasteiger partial charge < -0.3 is 10.1 Å². The number of fused-ring (bicyclic) bond motifs is 1. The first kappa shape index (κ1) is 17.1. The highest BCUT2D eigenvalue weighted by atomic mass is 16.5. The number of carbonyl (C=O) groups excluding carboxylic acids is 1. The van der Waals surface area contributed by atoms with Gasteiger partial charge in [-0.1, -0.05) is 6.42 Å². The highest BCUT2D eigenvalue weighted by Gasteiger charge is 2.14. The Morgan fingerprint density at radius 2 is 2.00 bits per heavy atom. The van der Waals surface area contributed by atoms with Crippen LogP contribution in [0, 0.1) is 0 Å². The number of carbonyl (C=O) groups is 1. The molecule has 1 N–H and O–H groups in total. The first-order valence-electron chi connectivity index (χ1n) is 8.89. The highest BCUT2D eigenvalue weighted by Crippen LogP contribution is 2.16. The second kappa shape index (κ2) is 8.39. The van der Waals surface area contributed by atoms with Gasteiger partial charge >= 0.3 is 0 Å². The molecule has 1 saturated heterocycles. The summed E-state index contributed by atoms with van der Waals surface area (Å²) in [5.74, 6) is -0.161. The third-order valence-electron chi connectivity index (χ3n) is 4.67. The van der Waals surface area contributed by atoms with Crippen molar-refractivity contribution in [2.24, 2.45) is 0 Å². The Morgan fingerprint density at radius 3 is 2.83 bits per heavy atom. The predicted molar refractivity (Wildman–Crippen MR) is 90.0 cm³/mol. The summed E-state index contributed by atoms with van der Waals surface area (Å²) in [6.45, 7) is 4.70. The van der Waals surface area contributed by atoms with E-state index in [1.54, 1.807) is 6.07 Å². The third kappa shape index (κ3) is 4.64. The molecule has 24 heavy (non-hydrogen) atoms. The third-order valence-corrected chi connectivity index (χ3v) is 4.67. The number of morpholine rings is 1. The van der Waals surface area contributed by atoms with E-state index in [0.717, 1.165) is 69.8 Å². The van der Waals surface area contributed by atoms with Crippen molar-refractivity contribution < 1.29 is 9.53 Å². The number of aryl methyl sites for hydroxylation is 2. The average molecular weight is 334 g/mol. The largest absolute Gasteiger partial charge is 0.379 e. The van der Waals surface area contributed by atoms with Gasteiger partial charge in [-0.2, -0.15) is 5.10 Å². The van der Waals surface area contributed by atoms with Gasteiger partial charge in [-0.05, 0) is 31.2 Å². The summed E-state index contributed by atoms with van der Waals surface area (Å²) in [6.07, 6.45) is 5.20. The van der Waals surface area contributed by atoms with Crippen molar-refractivity contribution in [3.8, 4) is 0 Å². The molecule has 0 saturated carbocycles. The number of ether oxygens (including phenoxy) is 1. The number of aromatic nitrogens is 2. The van der Waals surface area contributed by atoms with Crippen LogP contribution in [-0.2, 0) is 28.9 Å². The summed E-state index contributed by atoms with van der Waals surface area (Å²) < 4.78 is 6.60. The van der Waals surface area contributed by atoms with E-state index in [2.05, 4.69) is 15.3 Å². The van der Waals surface area contributed by atoms with Crippen molar-refractivity contribution in [2.45, 2.75) is 38.6 Å². The fourth-order valence-electron chi connectivity index (χ4n) is 3.26. The van der Waals surface area contributed by atoms with Gasteiger partial charge in [0.05, 0.1) is 18.9 Å². The Kier molecular flexibility index (Phi) is 5.98. The summed E-state index contributed by atoms with van der Waals surface area (Å²) in [5, 5.41) is 7.30. The van der Waals surface area contributed by atoms with Gasteiger partial charge in [0.2, 0.25) is 5.91 Å². The lowest BCUT2D eigenvalue weighted by molar-refractivity contribution is -0.122. The molecule has 0 aromatic carbocycles. The van der Waals surface area contributed by atoms with Gasteiger partial charge in [0, 0.05) is 32.2 Å². The summed E-state index contributed by atoms with van der Waals surface area (Å²) in [4.78, 5) is 26.5. The van der Waals surface area contributed by atoms with Crippen molar-refractivity contribution in [3.63, 3.8) is 0 Å². The number of nitrogens with zero attached hydrogens (tertiary/aromatic N) is 3. The van der Waals surface area contributed by atoms with Crippen LogP contribution in [0.15, 0.2) is 10.9 Å². The molecule has 7 heteroatoms. The maximum Gasteiger partial charge on any atom is 0.267 e. The molecule has 1 aromatic heterocycles. The van der Waals surface area contributed by atoms with Crippen LogP contribution in [0.5, 0.6) is 0 Å². The molecule has 1 fully saturated rings. The number of amides is 1. The lowest BCUT2D eigenvalue weighted by atomic mass is 10.1. The molecule has 1 aromatic rings. The number of hydrogen-bond donors (Lipinski definition) is 1. The SMILES string of the molecule is O=C(Cn1nc2c(cc1=O)CCCCC2)NCCN1CCOCC1. The quantitative estimate of drug-likeness (QED) is 0.765. The molecule has 0 atom stereocenters. The molecule has 132 valence electrons. The molecule has 0 radical (unpaired) electrons. The minimum Gasteiger partial charge on any atom is -0.379 e. The average Bonchev–Trinajstić information content (AvgIpc) is 2.81. The second-order valence-corrected chi connectivity index (χ2v) is 6.48. The van der Waals surface area contributed by atoms with Gasteiger partial charge in [0.1, 0.15) is 6.54 Å². The molecule has 1 aliphatic carbocycles. The molecule has 1 amide bonds. The summed E-state index contributed by atoms with van der Waals surface area (Å²) in [6, 6.07) is 1.66. The van der Waals surface area contributed by atoms with Crippen molar-refractivity contribution in [3.05, 3.63) is 27.7 Å². The number of rotatable bonds is 5. The molecule has 0 spiro atoms. The fraction of sp³-hybridized carbons (Fsp3) is 0.706. The van der Waals surface area contributed by atoms with E-state index in [9.17, 15) is 9.59 Å². The van der Waals surface area contributed by atoms with Crippen LogP contribution >= 0.6 is 0 Å². The van der Waals surface area contributed by atoms with E-state index >= 15 is 0 Å². The maximum absolute atomic E-state index is 12.2. The van der Waals surface area contributed by atoms with Crippen LogP contribution in [0.1, 0.15) is 30.5 Å². The van der Waals surface area contributed by atoms with Gasteiger partial charge in [-0.3, -0.25) is 14.5 Å². The van der Waals surface area contributed by atoms with Crippen LogP contribution in [0.3, 0.4) is 0 Å². The minimum atomic E-state index is -0.182. The molecule has 7 nitrogen and oxygen atoms in total. The standard InChI is InChI=1S/C17H26N4O3/c22-16(18-6-7-20-8-10-24-11-9-20)13-21-17(23)12-14-4-2-1-3-5-15(14)19-21/h12H,1-11,13H2,(H,18,22). The molecule has 1 aliphatic heterocycles. The first-order valence-corrected chi connectivity index (χ1v) is 8.89. The number of nitrogens with one attached hydrogen (secondary N) is 1. The minimum absolute atomic E-state index is 0.00474. The Morgan fingerprint density at radius 1 is 1.21 bits per heavy atom. The molecule has 3 rings (SSSR count). The fourth-order valence-corrected chi connectivity index (χ4v) is 3.26. The van der Waals surface area contributed by atoms with Crippen molar-refractivity contribution in [2.75, 3.05) is 39.4 Å². The topological polar surface area (TPSA) is 76.5 Å². The van der Waals surface area contributed by atoms with Crippen LogP contribution in [0.25, 0.3) is 0 Å². The van der Waals surface area contributed by atoms with Crippen LogP contribution in [0.2, 0.25) is 0 Å². The zero-order valence-corrected chi connectivity index (χ0v) is 14.1. The van der Waals surface area contributed by atoms with E-state index in [1.165, 1.54) is 11.1 Å². The zero-order chi connectivity index (χ0) is 16.8. The first-order chi connectivity index (χ1) is 11.7. The molecule has 0 bridgehead atoms. The van der Waals surface area contributed by atoms with Gasteiger partial charge in [0.15, 0.2) is 0 Å². The lowest BCUT2D eigenvalue weighted by Crippen LogP contribution is -2.42. The van der Waals surface area contributed by atoms with Gasteiger partial charge in [-0.25, -0.2) is 4.68 Å². The zero-order valence-electron chi connectivity index (χ0n) is 14.1. The van der Waals surface area contributed by atoms with Crippen LogP contribution in [-0.4, -0.2) is 60.0 Å². The Hall–Kier alpha value is -1.73. The van der Waals surface area contributed by atoms with Crippen molar-refractivity contribution >= 4 is 5.91 Å². The van der Waals surface area contributed by atoms with E-state index in [4.69, 9.17) is 4.74 Å². The molecular weight excluding hydrogens is 308 g/mol. The summed E-state index contributed by atoms with van der Waals surface area (Å²) >= 11 is 0. The monoisotopic (exact) mass is 334 g/mol. The van der Waals surface area contributed by atoms with Crippen molar-refractivity contribution in [1.82, 2.24) is 20.0 Å². The molecule has 2 heterocycles. The van der Waals surface area contributed by atoms with Crippen LogP contribution < -0.4 is 10.9 Å². The second-order valence-electron chi connectivity index (χ2n) is 6.48. The van der Waals surface area contributed by atoms with E-state index in [-0.39, 0.29) is 18.0 Å². The summed E-state index contributed by atoms with van der Waals surface area (Å²) in [5.41, 5.74) is 1.86. The van der Waals surface area contributed by atoms with Gasteiger partial charge in [-0.15, -0.1) is 0 Å². The predicted octanol–water partition coefficient (Wildman–Crippen LogP) is -0.0394. The smallest absolute Gasteiger partial charge is 0.267 e. The maximum atomic E-state index is 12.2. The summed E-state index contributed by atoms with van der Waals surface area (Å²) in [7, 11) is 0. The Balaban J connectivity index is 1.52.